The van der Waals surface area contributed by atoms with Crippen LogP contribution in [-0.2, 0) is 6.54 Å². The highest BCUT2D eigenvalue weighted by Crippen LogP contribution is 2.49. The van der Waals surface area contributed by atoms with Crippen LogP contribution in [0.5, 0.6) is 0 Å². The summed E-state index contributed by atoms with van der Waals surface area (Å²) in [6.07, 6.45) is 8.65. The number of rotatable bonds is 5. The van der Waals surface area contributed by atoms with Crippen LogP contribution >= 0.6 is 0 Å². The fourth-order valence-electron chi connectivity index (χ4n) is 2.38. The summed E-state index contributed by atoms with van der Waals surface area (Å²) in [6, 6.07) is 2.19. The minimum Gasteiger partial charge on any atom is -0.330 e. The molecule has 3 heteroatoms. The molecule has 0 atom stereocenters. The number of nitrogens with zero attached hydrogens (tertiary/aromatic N) is 2. The molecule has 2 fully saturated rings. The standard InChI is InChI=1S/C12H19N3/c13-7-6-12(4-5-12)9-15-8-3-11(14-15)10-1-2-10/h3,8,10H,1-2,4-7,9,13H2. The largest absolute Gasteiger partial charge is 0.330 e. The third-order valence-corrected chi connectivity index (χ3v) is 3.79. The molecule has 0 aromatic carbocycles. The average molecular weight is 205 g/mol. The monoisotopic (exact) mass is 205 g/mol. The molecule has 15 heavy (non-hydrogen) atoms. The summed E-state index contributed by atoms with van der Waals surface area (Å²) in [5, 5.41) is 4.66. The molecule has 0 saturated heterocycles. The molecule has 0 amide bonds. The van der Waals surface area contributed by atoms with Crippen molar-refractivity contribution >= 4 is 0 Å². The lowest BCUT2D eigenvalue weighted by atomic mass is 10.0. The topological polar surface area (TPSA) is 43.8 Å². The quantitative estimate of drug-likeness (QED) is 0.797. The van der Waals surface area contributed by atoms with Crippen molar-refractivity contribution in [2.24, 2.45) is 11.1 Å². The van der Waals surface area contributed by atoms with E-state index in [1.807, 2.05) is 0 Å². The Morgan fingerprint density at radius 3 is 2.87 bits per heavy atom. The van der Waals surface area contributed by atoms with Gasteiger partial charge in [0, 0.05) is 18.7 Å². The molecule has 0 spiro atoms. The molecular formula is C12H19N3. The van der Waals surface area contributed by atoms with Crippen LogP contribution < -0.4 is 5.73 Å². The Kier molecular flexibility index (Phi) is 2.09. The second-order valence-corrected chi connectivity index (χ2v) is 5.25. The van der Waals surface area contributed by atoms with Crippen LogP contribution in [0.4, 0.5) is 0 Å². The Balaban J connectivity index is 1.65. The van der Waals surface area contributed by atoms with Crippen molar-refractivity contribution in [3.63, 3.8) is 0 Å². The van der Waals surface area contributed by atoms with E-state index in [0.717, 1.165) is 25.4 Å². The summed E-state index contributed by atoms with van der Waals surface area (Å²) in [4.78, 5) is 0. The molecule has 1 aromatic rings. The maximum atomic E-state index is 5.64. The predicted molar refractivity (Wildman–Crippen MR) is 59.5 cm³/mol. The summed E-state index contributed by atoms with van der Waals surface area (Å²) in [5.41, 5.74) is 7.45. The van der Waals surface area contributed by atoms with Gasteiger partial charge in [-0.05, 0) is 50.1 Å². The first-order valence-corrected chi connectivity index (χ1v) is 6.05. The van der Waals surface area contributed by atoms with Crippen LogP contribution in [0, 0.1) is 5.41 Å². The fourth-order valence-corrected chi connectivity index (χ4v) is 2.38. The van der Waals surface area contributed by atoms with Crippen molar-refractivity contribution in [2.45, 2.75) is 44.6 Å². The molecule has 2 aliphatic rings. The molecule has 1 aromatic heterocycles. The van der Waals surface area contributed by atoms with Crippen molar-refractivity contribution in [2.75, 3.05) is 6.54 Å². The lowest BCUT2D eigenvalue weighted by molar-refractivity contribution is 0.375. The molecule has 1 heterocycles. The van der Waals surface area contributed by atoms with Crippen LogP contribution in [0.15, 0.2) is 12.3 Å². The SMILES string of the molecule is NCCC1(Cn2ccc(C3CC3)n2)CC1. The number of hydrogen-bond donors (Lipinski definition) is 1. The van der Waals surface area contributed by atoms with Gasteiger partial charge < -0.3 is 5.73 Å². The molecule has 3 rings (SSSR count). The van der Waals surface area contributed by atoms with Gasteiger partial charge in [0.25, 0.3) is 0 Å². The Morgan fingerprint density at radius 1 is 1.47 bits per heavy atom. The predicted octanol–water partition coefficient (Wildman–Crippen LogP) is 1.89. The van der Waals surface area contributed by atoms with Gasteiger partial charge in [0.15, 0.2) is 0 Å². The Morgan fingerprint density at radius 2 is 2.27 bits per heavy atom. The lowest BCUT2D eigenvalue weighted by Crippen LogP contribution is -2.16. The summed E-state index contributed by atoms with van der Waals surface area (Å²) in [7, 11) is 0. The van der Waals surface area contributed by atoms with E-state index in [1.165, 1.54) is 31.4 Å². The summed E-state index contributed by atoms with van der Waals surface area (Å²) >= 11 is 0. The zero-order valence-corrected chi connectivity index (χ0v) is 9.15. The van der Waals surface area contributed by atoms with Crippen LogP contribution in [0.25, 0.3) is 0 Å². The molecule has 2 aliphatic carbocycles. The molecular weight excluding hydrogens is 186 g/mol. The normalized spacial score (nSPS) is 23.0. The lowest BCUT2D eigenvalue weighted by Gasteiger charge is -2.13. The van der Waals surface area contributed by atoms with Crippen LogP contribution in [0.1, 0.15) is 43.7 Å². The van der Waals surface area contributed by atoms with Crippen LogP contribution in [0.2, 0.25) is 0 Å². The van der Waals surface area contributed by atoms with E-state index in [-0.39, 0.29) is 0 Å². The van der Waals surface area contributed by atoms with E-state index in [2.05, 4.69) is 22.0 Å². The molecule has 0 bridgehead atoms. The van der Waals surface area contributed by atoms with Crippen LogP contribution in [-0.4, -0.2) is 16.3 Å². The minimum absolute atomic E-state index is 0.502. The third kappa shape index (κ3) is 1.93. The smallest absolute Gasteiger partial charge is 0.0655 e. The van der Waals surface area contributed by atoms with Crippen molar-refractivity contribution in [1.29, 1.82) is 0 Å². The molecule has 3 nitrogen and oxygen atoms in total. The first-order chi connectivity index (χ1) is 7.31. The van der Waals surface area contributed by atoms with E-state index in [9.17, 15) is 0 Å². The number of aromatic nitrogens is 2. The molecule has 2 N–H and O–H groups in total. The van der Waals surface area contributed by atoms with Gasteiger partial charge >= 0.3 is 0 Å². The highest BCUT2D eigenvalue weighted by atomic mass is 15.3. The Labute approximate surface area is 90.7 Å². The highest BCUT2D eigenvalue weighted by molar-refractivity contribution is 5.12. The number of nitrogens with two attached hydrogens (primary N) is 1. The van der Waals surface area contributed by atoms with Gasteiger partial charge in [-0.25, -0.2) is 0 Å². The van der Waals surface area contributed by atoms with E-state index >= 15 is 0 Å². The van der Waals surface area contributed by atoms with Gasteiger partial charge in [0.2, 0.25) is 0 Å². The van der Waals surface area contributed by atoms with E-state index in [1.54, 1.807) is 0 Å². The van der Waals surface area contributed by atoms with Gasteiger partial charge in [0.1, 0.15) is 0 Å². The van der Waals surface area contributed by atoms with Crippen molar-refractivity contribution in [1.82, 2.24) is 9.78 Å². The highest BCUT2D eigenvalue weighted by Gasteiger charge is 2.42. The molecule has 2 saturated carbocycles. The minimum atomic E-state index is 0.502. The second kappa shape index (κ2) is 3.34. The maximum Gasteiger partial charge on any atom is 0.0655 e. The van der Waals surface area contributed by atoms with E-state index in [4.69, 9.17) is 5.73 Å². The average Bonchev–Trinajstić information content (AvgIpc) is 3.11. The van der Waals surface area contributed by atoms with Gasteiger partial charge in [-0.15, -0.1) is 0 Å². The second-order valence-electron chi connectivity index (χ2n) is 5.25. The first kappa shape index (κ1) is 9.40. The summed E-state index contributed by atoms with van der Waals surface area (Å²) < 4.78 is 2.14. The third-order valence-electron chi connectivity index (χ3n) is 3.79. The zero-order chi connectivity index (χ0) is 10.3. The van der Waals surface area contributed by atoms with Crippen molar-refractivity contribution in [3.05, 3.63) is 18.0 Å². The van der Waals surface area contributed by atoms with Crippen molar-refractivity contribution < 1.29 is 0 Å². The van der Waals surface area contributed by atoms with Gasteiger partial charge in [-0.2, -0.15) is 5.10 Å². The molecule has 0 radical (unpaired) electrons. The van der Waals surface area contributed by atoms with E-state index < -0.39 is 0 Å². The Hall–Kier alpha value is -0.830. The first-order valence-electron chi connectivity index (χ1n) is 6.05. The zero-order valence-electron chi connectivity index (χ0n) is 9.15. The molecule has 82 valence electrons. The summed E-state index contributed by atoms with van der Waals surface area (Å²) in [5.74, 6) is 0.774. The molecule has 0 aliphatic heterocycles. The van der Waals surface area contributed by atoms with Gasteiger partial charge in [0.05, 0.1) is 5.69 Å². The number of hydrogen-bond acceptors (Lipinski definition) is 2. The van der Waals surface area contributed by atoms with Crippen LogP contribution in [0.3, 0.4) is 0 Å². The fraction of sp³-hybridized carbons (Fsp3) is 0.750. The van der Waals surface area contributed by atoms with E-state index in [0.29, 0.717) is 5.41 Å². The van der Waals surface area contributed by atoms with Gasteiger partial charge in [-0.3, -0.25) is 4.68 Å². The summed E-state index contributed by atoms with van der Waals surface area (Å²) in [6.45, 7) is 1.90. The van der Waals surface area contributed by atoms with Gasteiger partial charge in [-0.1, -0.05) is 0 Å². The Bertz CT molecular complexity index is 348. The maximum absolute atomic E-state index is 5.64. The van der Waals surface area contributed by atoms with Crippen molar-refractivity contribution in [3.8, 4) is 0 Å². The molecule has 0 unspecified atom stereocenters.